The van der Waals surface area contributed by atoms with Crippen molar-refractivity contribution in [1.82, 2.24) is 0 Å². The van der Waals surface area contributed by atoms with Crippen LogP contribution >= 0.6 is 11.6 Å². The Balaban J connectivity index is 2.53. The molecule has 1 aliphatic rings. The molecule has 22 heavy (non-hydrogen) atoms. The summed E-state index contributed by atoms with van der Waals surface area (Å²) < 4.78 is 53.9. The zero-order chi connectivity index (χ0) is 16.5. The lowest BCUT2D eigenvalue weighted by atomic mass is 10.0. The fourth-order valence-corrected chi connectivity index (χ4v) is 2.23. The SMILES string of the molecule is CCOC(=O)C1=Cc2cc(Cl)c(OC)cc2OC1C(F)(F)F. The van der Waals surface area contributed by atoms with E-state index < -0.39 is 23.8 Å². The van der Waals surface area contributed by atoms with E-state index in [9.17, 15) is 18.0 Å². The van der Waals surface area contributed by atoms with Crippen molar-refractivity contribution in [3.05, 3.63) is 28.3 Å². The summed E-state index contributed by atoms with van der Waals surface area (Å²) in [6, 6.07) is 2.61. The molecule has 4 nitrogen and oxygen atoms in total. The van der Waals surface area contributed by atoms with Gasteiger partial charge >= 0.3 is 12.1 Å². The summed E-state index contributed by atoms with van der Waals surface area (Å²) in [7, 11) is 1.33. The molecule has 0 saturated heterocycles. The van der Waals surface area contributed by atoms with Crippen molar-refractivity contribution >= 4 is 23.6 Å². The summed E-state index contributed by atoms with van der Waals surface area (Å²) in [6.45, 7) is 1.46. The van der Waals surface area contributed by atoms with Crippen molar-refractivity contribution in [3.8, 4) is 11.5 Å². The Kier molecular flexibility index (Phi) is 4.55. The van der Waals surface area contributed by atoms with Crippen molar-refractivity contribution in [2.75, 3.05) is 13.7 Å². The van der Waals surface area contributed by atoms with Crippen LogP contribution in [0.5, 0.6) is 11.5 Å². The summed E-state index contributed by atoms with van der Waals surface area (Å²) in [5.41, 5.74) is -0.377. The molecule has 0 saturated carbocycles. The molecule has 0 N–H and O–H groups in total. The van der Waals surface area contributed by atoms with Crippen LogP contribution in [0, 0.1) is 0 Å². The molecular weight excluding hydrogens is 325 g/mol. The number of hydrogen-bond donors (Lipinski definition) is 0. The first kappa shape index (κ1) is 16.5. The van der Waals surface area contributed by atoms with Crippen LogP contribution in [0.3, 0.4) is 0 Å². The molecule has 0 spiro atoms. The van der Waals surface area contributed by atoms with Gasteiger partial charge in [-0.1, -0.05) is 11.6 Å². The van der Waals surface area contributed by atoms with Gasteiger partial charge in [-0.05, 0) is 19.1 Å². The average molecular weight is 337 g/mol. The van der Waals surface area contributed by atoms with E-state index in [1.54, 1.807) is 0 Å². The van der Waals surface area contributed by atoms with Crippen LogP contribution in [0.1, 0.15) is 12.5 Å². The van der Waals surface area contributed by atoms with Gasteiger partial charge in [-0.15, -0.1) is 0 Å². The van der Waals surface area contributed by atoms with E-state index in [-0.39, 0.29) is 28.7 Å². The maximum Gasteiger partial charge on any atom is 0.430 e. The number of carbonyl (C=O) groups excluding carboxylic acids is 1. The van der Waals surface area contributed by atoms with Crippen LogP contribution < -0.4 is 9.47 Å². The quantitative estimate of drug-likeness (QED) is 0.791. The van der Waals surface area contributed by atoms with Gasteiger partial charge in [0.05, 0.1) is 24.3 Å². The highest BCUT2D eigenvalue weighted by atomic mass is 35.5. The maximum absolute atomic E-state index is 13.1. The van der Waals surface area contributed by atoms with Gasteiger partial charge in [-0.3, -0.25) is 0 Å². The Hall–Kier alpha value is -1.89. The van der Waals surface area contributed by atoms with Gasteiger partial charge in [0, 0.05) is 11.6 Å². The van der Waals surface area contributed by atoms with Crippen LogP contribution in [0.25, 0.3) is 6.08 Å². The first-order chi connectivity index (χ1) is 10.3. The number of alkyl halides is 3. The molecule has 1 unspecified atom stereocenters. The second kappa shape index (κ2) is 6.08. The number of methoxy groups -OCH3 is 1. The predicted octanol–water partition coefficient (Wildman–Crippen LogP) is 3.62. The molecule has 0 radical (unpaired) electrons. The van der Waals surface area contributed by atoms with Crippen molar-refractivity contribution in [1.29, 1.82) is 0 Å². The van der Waals surface area contributed by atoms with Crippen molar-refractivity contribution in [2.45, 2.75) is 19.2 Å². The average Bonchev–Trinajstić information content (AvgIpc) is 2.44. The van der Waals surface area contributed by atoms with E-state index >= 15 is 0 Å². The predicted molar refractivity (Wildman–Crippen MR) is 73.1 cm³/mol. The number of hydrogen-bond acceptors (Lipinski definition) is 4. The Bertz CT molecular complexity index is 625. The van der Waals surface area contributed by atoms with E-state index in [0.717, 1.165) is 6.08 Å². The number of esters is 1. The molecule has 8 heteroatoms. The molecule has 1 heterocycles. The second-order valence-corrected chi connectivity index (χ2v) is 4.79. The van der Waals surface area contributed by atoms with Gasteiger partial charge in [0.25, 0.3) is 0 Å². The van der Waals surface area contributed by atoms with E-state index in [1.807, 2.05) is 0 Å². The topological polar surface area (TPSA) is 44.8 Å². The van der Waals surface area contributed by atoms with Crippen LogP contribution in [0.4, 0.5) is 13.2 Å². The molecule has 1 atom stereocenters. The van der Waals surface area contributed by atoms with Crippen LogP contribution in [0.2, 0.25) is 5.02 Å². The Morgan fingerprint density at radius 2 is 2.09 bits per heavy atom. The molecule has 0 amide bonds. The van der Waals surface area contributed by atoms with Gasteiger partial charge in [0.15, 0.2) is 0 Å². The molecule has 0 fully saturated rings. The second-order valence-electron chi connectivity index (χ2n) is 4.38. The number of carbonyl (C=O) groups is 1. The monoisotopic (exact) mass is 336 g/mol. The standard InChI is InChI=1S/C14H12ClF3O4/c1-3-21-13(19)8-4-7-5-9(15)11(20-2)6-10(7)22-12(8)14(16,17)18/h4-6,12H,3H2,1-2H3. The molecule has 1 aromatic carbocycles. The minimum atomic E-state index is -4.76. The minimum Gasteiger partial charge on any atom is -0.495 e. The largest absolute Gasteiger partial charge is 0.495 e. The smallest absolute Gasteiger partial charge is 0.430 e. The van der Waals surface area contributed by atoms with Crippen molar-refractivity contribution < 1.29 is 32.2 Å². The zero-order valence-electron chi connectivity index (χ0n) is 11.7. The summed E-state index contributed by atoms with van der Waals surface area (Å²) in [5, 5.41) is 0.190. The summed E-state index contributed by atoms with van der Waals surface area (Å²) in [5.74, 6) is -0.978. The molecule has 0 aliphatic carbocycles. The highest BCUT2D eigenvalue weighted by Gasteiger charge is 2.48. The lowest BCUT2D eigenvalue weighted by molar-refractivity contribution is -0.187. The molecule has 1 aromatic rings. The third-order valence-corrected chi connectivity index (χ3v) is 3.23. The Labute approximate surface area is 129 Å². The highest BCUT2D eigenvalue weighted by molar-refractivity contribution is 6.32. The van der Waals surface area contributed by atoms with E-state index in [1.165, 1.54) is 26.2 Å². The Morgan fingerprint density at radius 3 is 2.64 bits per heavy atom. The number of ether oxygens (including phenoxy) is 3. The van der Waals surface area contributed by atoms with Crippen molar-refractivity contribution in [3.63, 3.8) is 0 Å². The first-order valence-electron chi connectivity index (χ1n) is 6.27. The van der Waals surface area contributed by atoms with Gasteiger partial charge in [-0.25, -0.2) is 4.79 Å². The van der Waals surface area contributed by atoms with Crippen molar-refractivity contribution in [2.24, 2.45) is 0 Å². The molecule has 2 rings (SSSR count). The summed E-state index contributed by atoms with van der Waals surface area (Å²) in [6.07, 6.45) is -6.09. The highest BCUT2D eigenvalue weighted by Crippen LogP contribution is 2.41. The van der Waals surface area contributed by atoms with Gasteiger partial charge in [-0.2, -0.15) is 13.2 Å². The lowest BCUT2D eigenvalue weighted by Gasteiger charge is -2.28. The summed E-state index contributed by atoms with van der Waals surface area (Å²) >= 11 is 5.93. The third-order valence-electron chi connectivity index (χ3n) is 2.93. The van der Waals surface area contributed by atoms with Gasteiger partial charge < -0.3 is 14.2 Å². The van der Waals surface area contributed by atoms with Crippen LogP contribution in [-0.4, -0.2) is 32.0 Å². The van der Waals surface area contributed by atoms with E-state index in [0.29, 0.717) is 0 Å². The number of halogens is 4. The van der Waals surface area contributed by atoms with Gasteiger partial charge in [0.1, 0.15) is 11.5 Å². The first-order valence-corrected chi connectivity index (χ1v) is 6.65. The zero-order valence-corrected chi connectivity index (χ0v) is 12.4. The molecule has 1 aliphatic heterocycles. The number of fused-ring (bicyclic) bond motifs is 1. The fraction of sp³-hybridized carbons (Fsp3) is 0.357. The Morgan fingerprint density at radius 1 is 1.41 bits per heavy atom. The maximum atomic E-state index is 13.1. The molecule has 0 bridgehead atoms. The molecular formula is C14H12ClF3O4. The normalized spacial score (nSPS) is 17.2. The minimum absolute atomic E-state index is 0.0447. The number of benzene rings is 1. The van der Waals surface area contributed by atoms with E-state index in [4.69, 9.17) is 21.1 Å². The number of rotatable bonds is 3. The summed E-state index contributed by atoms with van der Waals surface area (Å²) in [4.78, 5) is 11.7. The van der Waals surface area contributed by atoms with Crippen LogP contribution in [0.15, 0.2) is 17.7 Å². The van der Waals surface area contributed by atoms with Crippen LogP contribution in [-0.2, 0) is 9.53 Å². The molecule has 120 valence electrons. The van der Waals surface area contributed by atoms with E-state index in [2.05, 4.69) is 4.74 Å². The molecule has 0 aromatic heterocycles. The van der Waals surface area contributed by atoms with Gasteiger partial charge in [0.2, 0.25) is 6.10 Å². The third kappa shape index (κ3) is 3.14. The lowest BCUT2D eigenvalue weighted by Crippen LogP contribution is -2.40. The fourth-order valence-electron chi connectivity index (χ4n) is 1.98.